The molecular weight excluding hydrogens is 1010 g/mol. The highest BCUT2D eigenvalue weighted by atomic mass is 32.1. The SMILES string of the molecule is C=c1c(C)c(O)c(=C)c(C(C)(C)CC(=O)N(C)CCN(CCCC(=O)NCCCCC(NC(=O)CC[C@@H](C)[C@H]2CC[C@H]3[C@@H]4[C@H](O)C[C@@H]5C[C@H](O)CC[C@]5(C)[C@H]4CC[C@]23C)C(=O)O)C(=O)Oc2ccc3nc(C#N)sc3c2)c1O. The largest absolute Gasteiger partial charge is 0.507 e. The van der Waals surface area contributed by atoms with E-state index in [4.69, 9.17) is 4.74 Å². The molecule has 1 unspecified atom stereocenters. The average Bonchev–Trinajstić information content (AvgIpc) is 4.16. The Labute approximate surface area is 463 Å². The van der Waals surface area contributed by atoms with Gasteiger partial charge in [-0.15, -0.1) is 11.3 Å². The lowest BCUT2D eigenvalue weighted by atomic mass is 9.43. The summed E-state index contributed by atoms with van der Waals surface area (Å²) in [6.07, 6.45) is 8.69. The molecule has 0 saturated heterocycles. The molecule has 4 aliphatic rings. The monoisotopic (exact) mass is 1100 g/mol. The van der Waals surface area contributed by atoms with Crippen molar-refractivity contribution in [3.8, 4) is 23.3 Å². The van der Waals surface area contributed by atoms with E-state index in [9.17, 15) is 54.8 Å². The van der Waals surface area contributed by atoms with Crippen LogP contribution in [0.1, 0.15) is 153 Å². The number of unbranched alkanes of at least 4 members (excludes halogenated alkanes) is 1. The zero-order valence-electron chi connectivity index (χ0n) is 46.9. The fourth-order valence-corrected chi connectivity index (χ4v) is 15.4. The van der Waals surface area contributed by atoms with Gasteiger partial charge in [0.1, 0.15) is 29.4 Å². The Morgan fingerprint density at radius 2 is 1.64 bits per heavy atom. The number of hydrogen-bond acceptors (Lipinski definition) is 13. The van der Waals surface area contributed by atoms with Crippen LogP contribution in [0.2, 0.25) is 0 Å². The Balaban J connectivity index is 0.853. The first-order valence-electron chi connectivity index (χ1n) is 28.2. The molecule has 2 aromatic carbocycles. The number of hydrogen-bond donors (Lipinski definition) is 7. The second-order valence-corrected chi connectivity index (χ2v) is 25.6. The molecule has 0 bridgehead atoms. The third-order valence-corrected chi connectivity index (χ3v) is 20.1. The van der Waals surface area contributed by atoms with Gasteiger partial charge in [0.25, 0.3) is 0 Å². The molecule has 7 rings (SSSR count). The van der Waals surface area contributed by atoms with E-state index < -0.39 is 23.5 Å². The summed E-state index contributed by atoms with van der Waals surface area (Å²) < 4.78 is 6.42. The minimum Gasteiger partial charge on any atom is -0.507 e. The molecule has 4 fully saturated rings. The predicted molar refractivity (Wildman–Crippen MR) is 299 cm³/mol. The molecule has 1 heterocycles. The van der Waals surface area contributed by atoms with Crippen LogP contribution in [-0.2, 0) is 24.6 Å². The molecule has 4 aliphatic carbocycles. The Hall–Kier alpha value is -5.77. The summed E-state index contributed by atoms with van der Waals surface area (Å²) in [6, 6.07) is 5.80. The molecule has 426 valence electrons. The number of aliphatic hydroxyl groups excluding tert-OH is 2. The summed E-state index contributed by atoms with van der Waals surface area (Å²) in [7, 11) is 1.59. The third kappa shape index (κ3) is 12.9. The average molecular weight is 1100 g/mol. The Bertz CT molecular complexity index is 2870. The van der Waals surface area contributed by atoms with Crippen molar-refractivity contribution >= 4 is 64.5 Å². The van der Waals surface area contributed by atoms with Crippen LogP contribution in [0.3, 0.4) is 0 Å². The number of benzene rings is 2. The molecular formula is C60H84N6O11S. The number of carbonyl (C=O) groups is 5. The molecule has 0 aliphatic heterocycles. The number of ether oxygens (including phenoxy) is 1. The highest BCUT2D eigenvalue weighted by Crippen LogP contribution is 2.68. The normalized spacial score (nSPS) is 26.3. The number of aromatic nitrogens is 1. The lowest BCUT2D eigenvalue weighted by molar-refractivity contribution is -0.174. The zero-order valence-corrected chi connectivity index (χ0v) is 47.7. The van der Waals surface area contributed by atoms with Crippen molar-refractivity contribution in [3.05, 3.63) is 44.8 Å². The van der Waals surface area contributed by atoms with Crippen LogP contribution in [0.4, 0.5) is 4.79 Å². The summed E-state index contributed by atoms with van der Waals surface area (Å²) in [5, 5.41) is 69.5. The number of likely N-dealkylation sites (N-methyl/N-ethyl adjacent to an activating group) is 1. The van der Waals surface area contributed by atoms with Crippen molar-refractivity contribution in [2.75, 3.05) is 33.2 Å². The molecule has 18 heteroatoms. The van der Waals surface area contributed by atoms with Crippen LogP contribution in [0.25, 0.3) is 23.4 Å². The van der Waals surface area contributed by atoms with Gasteiger partial charge in [-0.1, -0.05) is 47.8 Å². The van der Waals surface area contributed by atoms with Gasteiger partial charge in [-0.25, -0.2) is 14.6 Å². The molecule has 0 radical (unpaired) electrons. The van der Waals surface area contributed by atoms with E-state index in [2.05, 4.69) is 49.5 Å². The maximum Gasteiger partial charge on any atom is 0.415 e. The van der Waals surface area contributed by atoms with Crippen molar-refractivity contribution in [1.29, 1.82) is 5.26 Å². The number of carboxylic acid groups (broad SMARTS) is 1. The molecule has 0 spiro atoms. The van der Waals surface area contributed by atoms with Gasteiger partial charge in [-0.05, 0) is 149 Å². The summed E-state index contributed by atoms with van der Waals surface area (Å²) >= 11 is 1.16. The minimum atomic E-state index is -1.11. The van der Waals surface area contributed by atoms with Crippen LogP contribution in [0, 0.1) is 64.6 Å². The number of fused-ring (bicyclic) bond motifs is 6. The van der Waals surface area contributed by atoms with Gasteiger partial charge >= 0.3 is 12.1 Å². The van der Waals surface area contributed by atoms with Gasteiger partial charge < -0.3 is 50.7 Å². The van der Waals surface area contributed by atoms with Gasteiger partial charge in [0.2, 0.25) is 17.7 Å². The zero-order chi connectivity index (χ0) is 57.0. The number of aliphatic carboxylic acids is 1. The molecule has 11 atom stereocenters. The van der Waals surface area contributed by atoms with Crippen LogP contribution < -0.4 is 25.8 Å². The molecule has 4 saturated carbocycles. The molecule has 7 N–H and O–H groups in total. The van der Waals surface area contributed by atoms with E-state index in [1.165, 1.54) is 9.80 Å². The number of aromatic hydroxyl groups is 2. The number of nitrogens with one attached hydrogen (secondary N) is 2. The number of nitriles is 1. The van der Waals surface area contributed by atoms with Crippen molar-refractivity contribution in [2.45, 2.75) is 168 Å². The fraction of sp³-hybridized carbons (Fsp3) is 0.650. The lowest BCUT2D eigenvalue weighted by Crippen LogP contribution is -2.58. The number of aliphatic hydroxyl groups is 2. The van der Waals surface area contributed by atoms with E-state index in [0.29, 0.717) is 64.3 Å². The number of carbonyl (C=O) groups excluding carboxylic acids is 4. The van der Waals surface area contributed by atoms with Gasteiger partial charge in [0.05, 0.1) is 22.4 Å². The van der Waals surface area contributed by atoms with Crippen LogP contribution in [0.15, 0.2) is 18.2 Å². The van der Waals surface area contributed by atoms with Gasteiger partial charge in [0.15, 0.2) is 5.01 Å². The van der Waals surface area contributed by atoms with Crippen LogP contribution in [0.5, 0.6) is 17.2 Å². The Morgan fingerprint density at radius 3 is 2.36 bits per heavy atom. The highest BCUT2D eigenvalue weighted by Gasteiger charge is 2.63. The molecule has 1 aromatic heterocycles. The van der Waals surface area contributed by atoms with Crippen molar-refractivity contribution in [2.24, 2.45) is 46.3 Å². The Kier molecular flexibility index (Phi) is 19.0. The van der Waals surface area contributed by atoms with Crippen LogP contribution in [-0.4, -0.2) is 122 Å². The third-order valence-electron chi connectivity index (χ3n) is 19.2. The lowest BCUT2D eigenvalue weighted by Gasteiger charge is -2.62. The van der Waals surface area contributed by atoms with Gasteiger partial charge in [-0.3, -0.25) is 14.4 Å². The van der Waals surface area contributed by atoms with E-state index >= 15 is 0 Å². The van der Waals surface area contributed by atoms with Crippen molar-refractivity contribution in [3.63, 3.8) is 0 Å². The first-order chi connectivity index (χ1) is 36.8. The molecule has 4 amide bonds. The van der Waals surface area contributed by atoms with Gasteiger partial charge in [0, 0.05) is 85.5 Å². The quantitative estimate of drug-likeness (QED) is 0.0383. The summed E-state index contributed by atoms with van der Waals surface area (Å²) in [5.74, 6) is 0.221. The van der Waals surface area contributed by atoms with E-state index in [-0.39, 0.29) is 144 Å². The molecule has 17 nitrogen and oxygen atoms in total. The van der Waals surface area contributed by atoms with Crippen LogP contribution >= 0.6 is 11.3 Å². The summed E-state index contributed by atoms with van der Waals surface area (Å²) in [5.41, 5.74) is 0.564. The van der Waals surface area contributed by atoms with E-state index in [1.54, 1.807) is 46.0 Å². The second kappa shape index (κ2) is 24.7. The first-order valence-corrected chi connectivity index (χ1v) is 29.0. The number of thiazole rings is 1. The highest BCUT2D eigenvalue weighted by molar-refractivity contribution is 7.19. The number of nitrogens with zero attached hydrogens (tertiary/aromatic N) is 4. The maximum atomic E-state index is 13.7. The molecule has 3 aromatic rings. The minimum absolute atomic E-state index is 0.0474. The van der Waals surface area contributed by atoms with Crippen molar-refractivity contribution in [1.82, 2.24) is 25.4 Å². The standard InChI is InChI=1S/C60H84N6O11S/c1-34(41-17-18-42-52-43(22-24-60(41,42)8)59(7)23-21-39(67)29-38(59)30-46(52)68)15-20-49(70)63-45(56(74)75)13-10-11-25-62-48(69)14-12-26-66(57(76)77-40-16-19-44-47(31-40)78-50(33-61)64-44)28-27-65(9)51(71)32-58(5,6)53-37(4)54(72)35(2)36(3)55(53)73/h16,19,31,34,38-39,41-43,45-46,52,67-68,72-73H,3-4,10-15,17-18,20-30,32H2,1-2,5-9H3,(H,62,69)(H,63,70)(H,74,75)/t34-,38+,39-,41-,42+,43+,45?,46-,52+,59+,60-/m1/s1. The smallest absolute Gasteiger partial charge is 0.415 e. The number of amides is 4. The topological polar surface area (TPSA) is 263 Å². The second-order valence-electron chi connectivity index (χ2n) is 24.5. The number of rotatable bonds is 22. The number of phenols is 2. The first kappa shape index (κ1) is 59.9. The maximum absolute atomic E-state index is 13.7. The summed E-state index contributed by atoms with van der Waals surface area (Å²) in [4.78, 5) is 73.1. The Morgan fingerprint density at radius 1 is 0.923 bits per heavy atom. The number of carboxylic acids is 1. The predicted octanol–water partition coefficient (Wildman–Crippen LogP) is 7.38. The van der Waals surface area contributed by atoms with E-state index in [1.807, 2.05) is 6.07 Å². The van der Waals surface area contributed by atoms with E-state index in [0.717, 1.165) is 62.7 Å². The summed E-state index contributed by atoms with van der Waals surface area (Å²) in [6.45, 7) is 20.6. The fourth-order valence-electron chi connectivity index (χ4n) is 14.6. The van der Waals surface area contributed by atoms with Crippen molar-refractivity contribution < 1.29 is 54.2 Å². The van der Waals surface area contributed by atoms with Gasteiger partial charge in [-0.2, -0.15) is 5.26 Å². The number of phenolic OH excluding ortho intramolecular Hbond substituents is 2. The molecule has 78 heavy (non-hydrogen) atoms.